The van der Waals surface area contributed by atoms with Crippen LogP contribution < -0.4 is 20.9 Å². The van der Waals surface area contributed by atoms with Crippen LogP contribution in [0.3, 0.4) is 0 Å². The smallest absolute Gasteiger partial charge is 0.276 e. The molecule has 2 amide bonds. The van der Waals surface area contributed by atoms with Gasteiger partial charge in [0, 0.05) is 11.3 Å². The minimum absolute atomic E-state index is 0.00361. The quantitative estimate of drug-likeness (QED) is 0.557. The van der Waals surface area contributed by atoms with Crippen LogP contribution in [0.4, 0.5) is 0 Å². The van der Waals surface area contributed by atoms with Crippen LogP contribution >= 0.6 is 12.2 Å². The second-order valence-corrected chi connectivity index (χ2v) is 7.00. The maximum atomic E-state index is 12.1. The Morgan fingerprint density at radius 3 is 2.56 bits per heavy atom. The molecule has 0 aliphatic heterocycles. The van der Waals surface area contributed by atoms with Gasteiger partial charge in [-0.15, -0.1) is 0 Å². The van der Waals surface area contributed by atoms with Gasteiger partial charge in [-0.25, -0.2) is 0 Å². The molecule has 0 heterocycles. The number of hydrazine groups is 1. The van der Waals surface area contributed by atoms with Gasteiger partial charge in [0.15, 0.2) is 11.7 Å². The third-order valence-corrected chi connectivity index (χ3v) is 4.84. The molecule has 27 heavy (non-hydrogen) atoms. The van der Waals surface area contributed by atoms with Crippen LogP contribution in [-0.4, -0.2) is 23.5 Å². The highest BCUT2D eigenvalue weighted by molar-refractivity contribution is 7.80. The molecule has 142 valence electrons. The molecule has 0 bridgehead atoms. The van der Waals surface area contributed by atoms with E-state index in [9.17, 15) is 9.59 Å². The molecule has 0 spiro atoms. The van der Waals surface area contributed by atoms with E-state index in [-0.39, 0.29) is 23.5 Å². The van der Waals surface area contributed by atoms with Gasteiger partial charge in [-0.1, -0.05) is 55.7 Å². The van der Waals surface area contributed by atoms with Crippen molar-refractivity contribution in [3.05, 3.63) is 42.5 Å². The van der Waals surface area contributed by atoms with Gasteiger partial charge in [-0.2, -0.15) is 0 Å². The van der Waals surface area contributed by atoms with E-state index in [1.807, 2.05) is 42.5 Å². The zero-order chi connectivity index (χ0) is 19.1. The minimum atomic E-state index is -0.391. The SMILES string of the molecule is O=C(COc1cccc2ccccc12)NNC(=S)NC(=O)C1CCCCC1. The highest BCUT2D eigenvalue weighted by Crippen LogP contribution is 2.25. The van der Waals surface area contributed by atoms with Gasteiger partial charge >= 0.3 is 0 Å². The number of carbonyl (C=O) groups excluding carboxylic acids is 2. The molecule has 1 saturated carbocycles. The Morgan fingerprint density at radius 2 is 1.74 bits per heavy atom. The highest BCUT2D eigenvalue weighted by Gasteiger charge is 2.21. The van der Waals surface area contributed by atoms with Crippen molar-refractivity contribution in [1.29, 1.82) is 0 Å². The maximum absolute atomic E-state index is 12.1. The second kappa shape index (κ2) is 9.32. The number of hydrogen-bond donors (Lipinski definition) is 3. The van der Waals surface area contributed by atoms with Crippen molar-refractivity contribution in [3.63, 3.8) is 0 Å². The average molecular weight is 385 g/mol. The Bertz CT molecular complexity index is 829. The van der Waals surface area contributed by atoms with Crippen LogP contribution in [0.2, 0.25) is 0 Å². The van der Waals surface area contributed by atoms with E-state index in [2.05, 4.69) is 16.2 Å². The summed E-state index contributed by atoms with van der Waals surface area (Å²) in [6, 6.07) is 13.5. The lowest BCUT2D eigenvalue weighted by Crippen LogP contribution is -2.50. The normalized spacial score (nSPS) is 14.4. The lowest BCUT2D eigenvalue weighted by Gasteiger charge is -2.21. The highest BCUT2D eigenvalue weighted by atomic mass is 32.1. The topological polar surface area (TPSA) is 79.5 Å². The number of amides is 2. The van der Waals surface area contributed by atoms with Crippen molar-refractivity contribution < 1.29 is 14.3 Å². The first-order valence-electron chi connectivity index (χ1n) is 9.14. The standard InChI is InChI=1S/C20H23N3O3S/c24-18(13-26-17-12-6-10-14-7-4-5-11-16(14)17)22-23-20(27)21-19(25)15-8-2-1-3-9-15/h4-7,10-12,15H,1-3,8-9,13H2,(H,22,24)(H2,21,23,25,27). The molecule has 3 N–H and O–H groups in total. The molecule has 0 atom stereocenters. The van der Waals surface area contributed by atoms with E-state index >= 15 is 0 Å². The van der Waals surface area contributed by atoms with Gasteiger partial charge in [0.25, 0.3) is 5.91 Å². The van der Waals surface area contributed by atoms with Crippen molar-refractivity contribution in [2.75, 3.05) is 6.61 Å². The number of hydrogen-bond acceptors (Lipinski definition) is 4. The first-order chi connectivity index (χ1) is 13.1. The summed E-state index contributed by atoms with van der Waals surface area (Å²) < 4.78 is 5.61. The number of ether oxygens (including phenoxy) is 1. The zero-order valence-corrected chi connectivity index (χ0v) is 15.8. The molecule has 0 radical (unpaired) electrons. The second-order valence-electron chi connectivity index (χ2n) is 6.59. The zero-order valence-electron chi connectivity index (χ0n) is 15.0. The lowest BCUT2D eigenvalue weighted by molar-refractivity contribution is -0.125. The molecule has 0 aromatic heterocycles. The van der Waals surface area contributed by atoms with Crippen LogP contribution in [0, 0.1) is 5.92 Å². The fourth-order valence-electron chi connectivity index (χ4n) is 3.24. The van der Waals surface area contributed by atoms with Crippen molar-refractivity contribution in [2.45, 2.75) is 32.1 Å². The van der Waals surface area contributed by atoms with Gasteiger partial charge < -0.3 is 10.1 Å². The molecule has 0 unspecified atom stereocenters. The van der Waals surface area contributed by atoms with Crippen molar-refractivity contribution in [1.82, 2.24) is 16.2 Å². The summed E-state index contributed by atoms with van der Waals surface area (Å²) in [6.07, 6.45) is 5.10. The predicted octanol–water partition coefficient (Wildman–Crippen LogP) is 2.82. The molecule has 2 aromatic carbocycles. The number of carbonyl (C=O) groups is 2. The molecule has 1 aliphatic rings. The van der Waals surface area contributed by atoms with E-state index in [4.69, 9.17) is 17.0 Å². The van der Waals surface area contributed by atoms with Crippen LogP contribution in [-0.2, 0) is 9.59 Å². The Labute approximate surface area is 163 Å². The van der Waals surface area contributed by atoms with Crippen LogP contribution in [0.25, 0.3) is 10.8 Å². The van der Waals surface area contributed by atoms with Crippen LogP contribution in [0.15, 0.2) is 42.5 Å². The summed E-state index contributed by atoms with van der Waals surface area (Å²) in [6.45, 7) is -0.166. The summed E-state index contributed by atoms with van der Waals surface area (Å²) in [5, 5.41) is 4.70. The fourth-order valence-corrected chi connectivity index (χ4v) is 3.39. The summed E-state index contributed by atoms with van der Waals surface area (Å²) >= 11 is 5.06. The van der Waals surface area contributed by atoms with Gasteiger partial charge in [-0.05, 0) is 36.5 Å². The number of nitrogens with one attached hydrogen (secondary N) is 3. The number of thiocarbonyl (C=S) groups is 1. The van der Waals surface area contributed by atoms with Crippen LogP contribution in [0.5, 0.6) is 5.75 Å². The Hall–Kier alpha value is -2.67. The van der Waals surface area contributed by atoms with Gasteiger partial charge in [0.1, 0.15) is 5.75 Å². The summed E-state index contributed by atoms with van der Waals surface area (Å²) in [7, 11) is 0. The summed E-state index contributed by atoms with van der Waals surface area (Å²) in [5.74, 6) is 0.158. The van der Waals surface area contributed by atoms with E-state index in [1.165, 1.54) is 6.42 Å². The molecule has 7 heteroatoms. The third-order valence-electron chi connectivity index (χ3n) is 4.64. The monoisotopic (exact) mass is 385 g/mol. The molecule has 1 aliphatic carbocycles. The molecule has 6 nitrogen and oxygen atoms in total. The lowest BCUT2D eigenvalue weighted by atomic mass is 9.89. The fraction of sp³-hybridized carbons (Fsp3) is 0.350. The van der Waals surface area contributed by atoms with Gasteiger partial charge in [0.05, 0.1) is 0 Å². The maximum Gasteiger partial charge on any atom is 0.276 e. The van der Waals surface area contributed by atoms with Crippen molar-refractivity contribution in [3.8, 4) is 5.75 Å². The third kappa shape index (κ3) is 5.40. The van der Waals surface area contributed by atoms with E-state index in [1.54, 1.807) is 0 Å². The molecule has 3 rings (SSSR count). The van der Waals surface area contributed by atoms with Crippen LogP contribution in [0.1, 0.15) is 32.1 Å². The first kappa shape index (κ1) is 19.1. The molecular formula is C20H23N3O3S. The average Bonchev–Trinajstić information content (AvgIpc) is 2.71. The number of rotatable bonds is 4. The van der Waals surface area contributed by atoms with Gasteiger partial charge in [0.2, 0.25) is 5.91 Å². The summed E-state index contributed by atoms with van der Waals surface area (Å²) in [5.41, 5.74) is 4.98. The number of benzene rings is 2. The summed E-state index contributed by atoms with van der Waals surface area (Å²) in [4.78, 5) is 24.1. The molecule has 0 saturated heterocycles. The van der Waals surface area contributed by atoms with E-state index in [0.717, 1.165) is 36.5 Å². The predicted molar refractivity (Wildman–Crippen MR) is 108 cm³/mol. The Morgan fingerprint density at radius 1 is 1.00 bits per heavy atom. The largest absolute Gasteiger partial charge is 0.483 e. The van der Waals surface area contributed by atoms with Crippen molar-refractivity contribution in [2.24, 2.45) is 5.92 Å². The minimum Gasteiger partial charge on any atom is -0.483 e. The Kier molecular flexibility index (Phi) is 6.59. The molecule has 1 fully saturated rings. The molecule has 2 aromatic rings. The first-order valence-corrected chi connectivity index (χ1v) is 9.54. The molecular weight excluding hydrogens is 362 g/mol. The number of fused-ring (bicyclic) bond motifs is 1. The van der Waals surface area contributed by atoms with Gasteiger partial charge in [-0.3, -0.25) is 20.4 Å². The van der Waals surface area contributed by atoms with E-state index < -0.39 is 5.91 Å². The Balaban J connectivity index is 1.42. The van der Waals surface area contributed by atoms with Crippen molar-refractivity contribution >= 4 is 39.9 Å². The van der Waals surface area contributed by atoms with E-state index in [0.29, 0.717) is 5.75 Å².